The number of amides is 1. The average molecular weight is 339 g/mol. The van der Waals surface area contributed by atoms with Crippen LogP contribution in [-0.2, 0) is 6.42 Å². The summed E-state index contributed by atoms with van der Waals surface area (Å²) in [6.07, 6.45) is 6.08. The normalized spacial score (nSPS) is 10.7. The average Bonchev–Trinajstić information content (AvgIpc) is 3.12. The van der Waals surface area contributed by atoms with Crippen molar-refractivity contribution in [1.29, 1.82) is 0 Å². The number of benzene rings is 1. The molecule has 6 heteroatoms. The standard InChI is InChI=1S/C19H21N3O3/c1-21(10-8-14-4-6-16(24-2)17(12-14)25-3)19(23)15-5-7-18-20-9-11-22(18)13-15/h4-7,9,11-13H,8,10H2,1-3H3. The van der Waals surface area contributed by atoms with Crippen molar-refractivity contribution < 1.29 is 14.3 Å². The van der Waals surface area contributed by atoms with E-state index in [0.717, 1.165) is 17.6 Å². The van der Waals surface area contributed by atoms with E-state index < -0.39 is 0 Å². The van der Waals surface area contributed by atoms with E-state index in [1.165, 1.54) is 0 Å². The van der Waals surface area contributed by atoms with Gasteiger partial charge in [0.05, 0.1) is 19.8 Å². The molecule has 0 aliphatic rings. The molecule has 0 aliphatic heterocycles. The summed E-state index contributed by atoms with van der Waals surface area (Å²) in [5.74, 6) is 1.37. The number of rotatable bonds is 6. The Morgan fingerprint density at radius 3 is 2.72 bits per heavy atom. The fourth-order valence-corrected chi connectivity index (χ4v) is 2.70. The van der Waals surface area contributed by atoms with Gasteiger partial charge in [0.15, 0.2) is 11.5 Å². The van der Waals surface area contributed by atoms with Crippen molar-refractivity contribution in [3.8, 4) is 11.5 Å². The lowest BCUT2D eigenvalue weighted by Crippen LogP contribution is -2.29. The van der Waals surface area contributed by atoms with Crippen LogP contribution in [0.3, 0.4) is 0 Å². The number of pyridine rings is 1. The second kappa shape index (κ2) is 7.25. The van der Waals surface area contributed by atoms with Gasteiger partial charge < -0.3 is 18.8 Å². The molecule has 0 bridgehead atoms. The number of methoxy groups -OCH3 is 2. The summed E-state index contributed by atoms with van der Waals surface area (Å²) in [6, 6.07) is 9.45. The fourth-order valence-electron chi connectivity index (χ4n) is 2.70. The number of carbonyl (C=O) groups is 1. The molecule has 0 aliphatic carbocycles. The van der Waals surface area contributed by atoms with Crippen LogP contribution in [0.1, 0.15) is 15.9 Å². The Labute approximate surface area is 146 Å². The molecule has 6 nitrogen and oxygen atoms in total. The molecule has 0 radical (unpaired) electrons. The van der Waals surface area contributed by atoms with Crippen LogP contribution in [0, 0.1) is 0 Å². The van der Waals surface area contributed by atoms with Gasteiger partial charge in [0.2, 0.25) is 0 Å². The number of imidazole rings is 1. The van der Waals surface area contributed by atoms with Gasteiger partial charge in [-0.3, -0.25) is 4.79 Å². The Kier molecular flexibility index (Phi) is 4.88. The molecule has 0 unspecified atom stereocenters. The zero-order valence-corrected chi connectivity index (χ0v) is 14.6. The predicted octanol–water partition coefficient (Wildman–Crippen LogP) is 2.67. The number of fused-ring (bicyclic) bond motifs is 1. The molecule has 0 fully saturated rings. The number of ether oxygens (including phenoxy) is 2. The van der Waals surface area contributed by atoms with Crippen molar-refractivity contribution in [3.05, 3.63) is 60.0 Å². The summed E-state index contributed by atoms with van der Waals surface area (Å²) in [7, 11) is 5.03. The molecule has 130 valence electrons. The van der Waals surface area contributed by atoms with E-state index >= 15 is 0 Å². The van der Waals surface area contributed by atoms with Gasteiger partial charge in [-0.1, -0.05) is 6.07 Å². The largest absolute Gasteiger partial charge is 0.493 e. The second-order valence-electron chi connectivity index (χ2n) is 5.78. The first-order chi connectivity index (χ1) is 12.1. The molecule has 25 heavy (non-hydrogen) atoms. The minimum Gasteiger partial charge on any atom is -0.493 e. The van der Waals surface area contributed by atoms with Crippen LogP contribution in [0.15, 0.2) is 48.9 Å². The van der Waals surface area contributed by atoms with Crippen LogP contribution in [0.4, 0.5) is 0 Å². The van der Waals surface area contributed by atoms with Crippen molar-refractivity contribution in [1.82, 2.24) is 14.3 Å². The van der Waals surface area contributed by atoms with Crippen LogP contribution in [-0.4, -0.2) is 48.0 Å². The SMILES string of the molecule is COc1ccc(CCN(C)C(=O)c2ccc3nccn3c2)cc1OC. The Balaban J connectivity index is 1.67. The highest BCUT2D eigenvalue weighted by Gasteiger charge is 2.13. The minimum absolute atomic E-state index is 0.0175. The summed E-state index contributed by atoms with van der Waals surface area (Å²) in [4.78, 5) is 18.5. The molecular weight excluding hydrogens is 318 g/mol. The Bertz CT molecular complexity index is 889. The van der Waals surface area contributed by atoms with Crippen LogP contribution in [0.5, 0.6) is 11.5 Å². The predicted molar refractivity (Wildman–Crippen MR) is 95.4 cm³/mol. The van der Waals surface area contributed by atoms with E-state index in [9.17, 15) is 4.79 Å². The molecule has 3 aromatic rings. The summed E-state index contributed by atoms with van der Waals surface area (Å²) in [5.41, 5.74) is 2.55. The fraction of sp³-hybridized carbons (Fsp3) is 0.263. The molecule has 3 rings (SSSR count). The lowest BCUT2D eigenvalue weighted by atomic mass is 10.1. The van der Waals surface area contributed by atoms with Crippen molar-refractivity contribution in [2.45, 2.75) is 6.42 Å². The van der Waals surface area contributed by atoms with E-state index in [0.29, 0.717) is 23.6 Å². The second-order valence-corrected chi connectivity index (χ2v) is 5.78. The number of aromatic nitrogens is 2. The summed E-state index contributed by atoms with van der Waals surface area (Å²) < 4.78 is 12.4. The van der Waals surface area contributed by atoms with Gasteiger partial charge in [-0.15, -0.1) is 0 Å². The third kappa shape index (κ3) is 3.57. The molecular formula is C19H21N3O3. The first-order valence-electron chi connectivity index (χ1n) is 8.01. The molecule has 0 saturated heterocycles. The van der Waals surface area contributed by atoms with Crippen LogP contribution in [0.25, 0.3) is 5.65 Å². The first kappa shape index (κ1) is 16.8. The third-order valence-corrected chi connectivity index (χ3v) is 4.17. The Morgan fingerprint density at radius 1 is 1.16 bits per heavy atom. The summed E-state index contributed by atoms with van der Waals surface area (Å²) in [5, 5.41) is 0. The highest BCUT2D eigenvalue weighted by Crippen LogP contribution is 2.27. The molecule has 2 aromatic heterocycles. The van der Waals surface area contributed by atoms with Gasteiger partial charge in [-0.05, 0) is 36.2 Å². The smallest absolute Gasteiger partial charge is 0.255 e. The van der Waals surface area contributed by atoms with Crippen molar-refractivity contribution in [2.75, 3.05) is 27.8 Å². The Hall–Kier alpha value is -3.02. The molecule has 1 aromatic carbocycles. The van der Waals surface area contributed by atoms with Gasteiger partial charge in [0.1, 0.15) is 5.65 Å². The Morgan fingerprint density at radius 2 is 1.96 bits per heavy atom. The third-order valence-electron chi connectivity index (χ3n) is 4.17. The summed E-state index contributed by atoms with van der Waals surface area (Å²) >= 11 is 0. The molecule has 0 N–H and O–H groups in total. The molecule has 2 heterocycles. The first-order valence-corrected chi connectivity index (χ1v) is 8.01. The van der Waals surface area contributed by atoms with Crippen molar-refractivity contribution in [2.24, 2.45) is 0 Å². The highest BCUT2D eigenvalue weighted by atomic mass is 16.5. The van der Waals surface area contributed by atoms with E-state index in [2.05, 4.69) is 4.98 Å². The minimum atomic E-state index is -0.0175. The number of hydrogen-bond donors (Lipinski definition) is 0. The van der Waals surface area contributed by atoms with Crippen molar-refractivity contribution >= 4 is 11.6 Å². The number of carbonyl (C=O) groups excluding carboxylic acids is 1. The van der Waals surface area contributed by atoms with Gasteiger partial charge in [0.25, 0.3) is 5.91 Å². The van der Waals surface area contributed by atoms with Crippen LogP contribution in [0.2, 0.25) is 0 Å². The number of hydrogen-bond acceptors (Lipinski definition) is 4. The topological polar surface area (TPSA) is 56.1 Å². The van der Waals surface area contributed by atoms with Gasteiger partial charge in [0, 0.05) is 32.2 Å². The number of likely N-dealkylation sites (N-methyl/N-ethyl adjacent to an activating group) is 1. The molecule has 0 saturated carbocycles. The lowest BCUT2D eigenvalue weighted by molar-refractivity contribution is 0.0796. The maximum atomic E-state index is 12.6. The van der Waals surface area contributed by atoms with E-state index in [4.69, 9.17) is 9.47 Å². The molecule has 1 amide bonds. The van der Waals surface area contributed by atoms with Crippen molar-refractivity contribution in [3.63, 3.8) is 0 Å². The molecule has 0 spiro atoms. The quantitative estimate of drug-likeness (QED) is 0.693. The zero-order chi connectivity index (χ0) is 17.8. The summed E-state index contributed by atoms with van der Waals surface area (Å²) in [6.45, 7) is 0.607. The molecule has 0 atom stereocenters. The van der Waals surface area contributed by atoms with E-state index in [1.807, 2.05) is 34.9 Å². The van der Waals surface area contributed by atoms with Gasteiger partial charge >= 0.3 is 0 Å². The van der Waals surface area contributed by atoms with Gasteiger partial charge in [-0.2, -0.15) is 0 Å². The van der Waals surface area contributed by atoms with E-state index in [-0.39, 0.29) is 5.91 Å². The highest BCUT2D eigenvalue weighted by molar-refractivity contribution is 5.94. The van der Waals surface area contributed by atoms with Crippen LogP contribution < -0.4 is 9.47 Å². The number of nitrogens with zero attached hydrogens (tertiary/aromatic N) is 3. The van der Waals surface area contributed by atoms with Crippen LogP contribution >= 0.6 is 0 Å². The zero-order valence-electron chi connectivity index (χ0n) is 14.6. The van der Waals surface area contributed by atoms with E-state index in [1.54, 1.807) is 44.6 Å². The van der Waals surface area contributed by atoms with Gasteiger partial charge in [-0.25, -0.2) is 4.98 Å². The monoisotopic (exact) mass is 339 g/mol. The maximum Gasteiger partial charge on any atom is 0.255 e. The lowest BCUT2D eigenvalue weighted by Gasteiger charge is -2.18. The maximum absolute atomic E-state index is 12.6.